The summed E-state index contributed by atoms with van der Waals surface area (Å²) in [6.07, 6.45) is 6.13. The molecular weight excluding hydrogens is 450 g/mol. The van der Waals surface area contributed by atoms with Gasteiger partial charge in [0.1, 0.15) is 11.5 Å². The van der Waals surface area contributed by atoms with Gasteiger partial charge >= 0.3 is 0 Å². The van der Waals surface area contributed by atoms with E-state index in [4.69, 9.17) is 32.5 Å². The number of hydrogen-bond donors (Lipinski definition) is 0. The second-order valence-electron chi connectivity index (χ2n) is 7.47. The molecule has 3 heterocycles. The first kappa shape index (κ1) is 23.4. The molecule has 4 aromatic rings. The molecule has 1 aromatic carbocycles. The largest absolute Gasteiger partial charge is 0.456 e. The Bertz CT molecular complexity index is 1620. The van der Waals surface area contributed by atoms with Crippen molar-refractivity contribution < 1.29 is 8.83 Å². The lowest BCUT2D eigenvalue weighted by molar-refractivity contribution is 0.557. The molecule has 0 amide bonds. The van der Waals surface area contributed by atoms with Crippen LogP contribution in [0.4, 0.5) is 0 Å². The van der Waals surface area contributed by atoms with E-state index in [2.05, 4.69) is 14.3 Å². The highest BCUT2D eigenvalue weighted by molar-refractivity contribution is 5.67. The number of nitriles is 2. The van der Waals surface area contributed by atoms with Gasteiger partial charge in [0.25, 0.3) is 11.4 Å². The summed E-state index contributed by atoms with van der Waals surface area (Å²) in [7, 11) is 0. The quantitative estimate of drug-likeness (QED) is 0.164. The van der Waals surface area contributed by atoms with Gasteiger partial charge in [-0.05, 0) is 60.2 Å². The molecule has 0 saturated heterocycles. The number of benzene rings is 1. The molecule has 4 rings (SSSR count). The monoisotopic (exact) mass is 467 g/mol. The number of aromatic nitrogens is 1. The number of allylic oxidation sites excluding steroid dienone is 4. The fourth-order valence-electron chi connectivity index (χ4n) is 3.54. The SMILES string of the molecule is [C-]#[N+]/C(C#N)=C\C=C\c1ccc(-c2ccc(-c3ccc(/C=C(\C#N)[N+]#[C-])o3)n2Cc2ccccc2)o1. The molecule has 0 unspecified atom stereocenters. The van der Waals surface area contributed by atoms with E-state index in [1.165, 1.54) is 12.2 Å². The van der Waals surface area contributed by atoms with Crippen molar-refractivity contribution in [3.05, 3.63) is 130 Å². The normalized spacial score (nSPS) is 11.6. The zero-order chi connectivity index (χ0) is 25.3. The van der Waals surface area contributed by atoms with Gasteiger partial charge in [0.05, 0.1) is 36.7 Å². The molecule has 170 valence electrons. The third-order valence-electron chi connectivity index (χ3n) is 5.19. The lowest BCUT2D eigenvalue weighted by Gasteiger charge is -2.12. The fourth-order valence-corrected chi connectivity index (χ4v) is 3.54. The van der Waals surface area contributed by atoms with Crippen LogP contribution in [0.5, 0.6) is 0 Å². The molecule has 0 atom stereocenters. The molecule has 0 spiro atoms. The van der Waals surface area contributed by atoms with Crippen molar-refractivity contribution in [1.82, 2.24) is 4.57 Å². The fraction of sp³-hybridized carbons (Fsp3) is 0.0345. The van der Waals surface area contributed by atoms with Crippen LogP contribution in [0.15, 0.2) is 99.1 Å². The maximum absolute atomic E-state index is 9.03. The van der Waals surface area contributed by atoms with Crippen LogP contribution in [0, 0.1) is 35.8 Å². The van der Waals surface area contributed by atoms with Gasteiger partial charge in [-0.1, -0.05) is 36.4 Å². The molecule has 0 aliphatic carbocycles. The van der Waals surface area contributed by atoms with Gasteiger partial charge in [0.2, 0.25) is 0 Å². The van der Waals surface area contributed by atoms with E-state index in [9.17, 15) is 0 Å². The lowest BCUT2D eigenvalue weighted by atomic mass is 10.2. The zero-order valence-corrected chi connectivity index (χ0v) is 18.9. The predicted octanol–water partition coefficient (Wildman–Crippen LogP) is 7.18. The summed E-state index contributed by atoms with van der Waals surface area (Å²) in [6, 6.07) is 24.7. The van der Waals surface area contributed by atoms with Crippen LogP contribution in [0.3, 0.4) is 0 Å². The van der Waals surface area contributed by atoms with Gasteiger partial charge < -0.3 is 13.4 Å². The predicted molar refractivity (Wildman–Crippen MR) is 135 cm³/mol. The van der Waals surface area contributed by atoms with Crippen molar-refractivity contribution in [3.63, 3.8) is 0 Å². The topological polar surface area (TPSA) is 87.5 Å². The van der Waals surface area contributed by atoms with Gasteiger partial charge in [0.15, 0.2) is 11.5 Å². The van der Waals surface area contributed by atoms with E-state index in [0.717, 1.165) is 17.0 Å². The van der Waals surface area contributed by atoms with Crippen LogP contribution >= 0.6 is 0 Å². The van der Waals surface area contributed by atoms with Gasteiger partial charge in [-0.3, -0.25) is 0 Å². The average Bonchev–Trinajstić information content (AvgIpc) is 3.66. The van der Waals surface area contributed by atoms with E-state index in [-0.39, 0.29) is 11.4 Å². The van der Waals surface area contributed by atoms with Crippen molar-refractivity contribution in [2.24, 2.45) is 0 Å². The summed E-state index contributed by atoms with van der Waals surface area (Å²) in [5.74, 6) is 2.22. The number of furan rings is 2. The minimum atomic E-state index is -0.0550. The van der Waals surface area contributed by atoms with Crippen LogP contribution in [0.1, 0.15) is 17.1 Å². The first-order chi connectivity index (χ1) is 17.6. The van der Waals surface area contributed by atoms with Crippen molar-refractivity contribution in [3.8, 4) is 35.0 Å². The Hall–Kier alpha value is -5.76. The van der Waals surface area contributed by atoms with E-state index < -0.39 is 0 Å². The molecule has 3 aromatic heterocycles. The van der Waals surface area contributed by atoms with Gasteiger partial charge in [0, 0.05) is 6.54 Å². The molecule has 0 bridgehead atoms. The number of nitrogens with zero attached hydrogens (tertiary/aromatic N) is 5. The number of hydrogen-bond acceptors (Lipinski definition) is 4. The second-order valence-corrected chi connectivity index (χ2v) is 7.47. The second kappa shape index (κ2) is 10.9. The molecule has 0 N–H and O–H groups in total. The standard InChI is InChI=1S/C29H17N5O2/c1-32-22(18-30)9-6-10-24-11-15-28(35-24)26-13-14-27(34(26)20-21-7-4-3-5-8-21)29-16-12-25(36-29)17-23(19-31)33-2/h3-17H,20H2/b10-6+,22-9-,23-17+. The molecule has 0 radical (unpaired) electrons. The highest BCUT2D eigenvalue weighted by Gasteiger charge is 2.17. The summed E-state index contributed by atoms with van der Waals surface area (Å²) in [6.45, 7) is 14.6. The van der Waals surface area contributed by atoms with Crippen LogP contribution in [-0.2, 0) is 6.54 Å². The van der Waals surface area contributed by atoms with Crippen molar-refractivity contribution >= 4 is 12.2 Å². The van der Waals surface area contributed by atoms with Crippen molar-refractivity contribution in [2.45, 2.75) is 6.54 Å². The maximum Gasteiger partial charge on any atom is 0.265 e. The minimum Gasteiger partial charge on any atom is -0.456 e. The molecule has 0 fully saturated rings. The van der Waals surface area contributed by atoms with Crippen LogP contribution in [-0.4, -0.2) is 4.57 Å². The van der Waals surface area contributed by atoms with Crippen molar-refractivity contribution in [2.75, 3.05) is 0 Å². The van der Waals surface area contributed by atoms with Crippen LogP contribution in [0.2, 0.25) is 0 Å². The number of rotatable bonds is 7. The molecule has 0 saturated carbocycles. The van der Waals surface area contributed by atoms with E-state index in [0.29, 0.717) is 29.6 Å². The summed E-state index contributed by atoms with van der Waals surface area (Å²) >= 11 is 0. The molecule has 36 heavy (non-hydrogen) atoms. The molecule has 0 aliphatic rings. The van der Waals surface area contributed by atoms with Gasteiger partial charge in [-0.2, -0.15) is 0 Å². The third kappa shape index (κ3) is 5.24. The molecule has 0 aliphatic heterocycles. The zero-order valence-electron chi connectivity index (χ0n) is 18.9. The lowest BCUT2D eigenvalue weighted by Crippen LogP contribution is -2.03. The average molecular weight is 467 g/mol. The Labute approximate surface area is 208 Å². The Morgan fingerprint density at radius 3 is 2.03 bits per heavy atom. The first-order valence-electron chi connectivity index (χ1n) is 10.7. The van der Waals surface area contributed by atoms with Crippen LogP contribution < -0.4 is 0 Å². The molecular formula is C29H17N5O2. The molecule has 7 heteroatoms. The van der Waals surface area contributed by atoms with Gasteiger partial charge in [-0.25, -0.2) is 20.2 Å². The third-order valence-corrected chi connectivity index (χ3v) is 5.19. The van der Waals surface area contributed by atoms with Gasteiger partial charge in [-0.15, -0.1) is 0 Å². The summed E-state index contributed by atoms with van der Waals surface area (Å²) in [4.78, 5) is 6.30. The summed E-state index contributed by atoms with van der Waals surface area (Å²) in [5.41, 5.74) is 2.66. The van der Waals surface area contributed by atoms with E-state index in [1.54, 1.807) is 24.3 Å². The Kier molecular flexibility index (Phi) is 7.09. The van der Waals surface area contributed by atoms with Crippen molar-refractivity contribution in [1.29, 1.82) is 10.5 Å². The minimum absolute atomic E-state index is 0.00893. The van der Waals surface area contributed by atoms with Crippen LogP contribution in [0.25, 0.3) is 44.8 Å². The Balaban J connectivity index is 1.72. The Morgan fingerprint density at radius 1 is 0.806 bits per heavy atom. The first-order valence-corrected chi connectivity index (χ1v) is 10.7. The van der Waals surface area contributed by atoms with E-state index >= 15 is 0 Å². The van der Waals surface area contributed by atoms with E-state index in [1.807, 2.05) is 66.7 Å². The maximum atomic E-state index is 9.03. The summed E-state index contributed by atoms with van der Waals surface area (Å²) < 4.78 is 14.0. The summed E-state index contributed by atoms with van der Waals surface area (Å²) in [5, 5.41) is 17.9. The molecule has 7 nitrogen and oxygen atoms in total. The highest BCUT2D eigenvalue weighted by atomic mass is 16.3. The Morgan fingerprint density at radius 2 is 1.42 bits per heavy atom. The smallest absolute Gasteiger partial charge is 0.265 e. The highest BCUT2D eigenvalue weighted by Crippen LogP contribution is 2.32.